The van der Waals surface area contributed by atoms with E-state index < -0.39 is 35.5 Å². The summed E-state index contributed by atoms with van der Waals surface area (Å²) in [6, 6.07) is 20.9. The molecule has 5 rings (SSSR count). The number of allylic oxidation sites excluding steroid dienone is 2. The van der Waals surface area contributed by atoms with Crippen LogP contribution in [0.1, 0.15) is 29.4 Å². The van der Waals surface area contributed by atoms with Gasteiger partial charge in [-0.15, -0.1) is 0 Å². The van der Waals surface area contributed by atoms with Crippen LogP contribution in [0.15, 0.2) is 95.5 Å². The molecule has 42 heavy (non-hydrogen) atoms. The van der Waals surface area contributed by atoms with Gasteiger partial charge in [0.25, 0.3) is 0 Å². The highest BCUT2D eigenvalue weighted by Gasteiger charge is 2.51. The number of methoxy groups -OCH3 is 3. The summed E-state index contributed by atoms with van der Waals surface area (Å²) in [7, 11) is 4.05. The number of hydrogen-bond donors (Lipinski definition) is 1. The summed E-state index contributed by atoms with van der Waals surface area (Å²) in [4.78, 5) is 43.0. The molecule has 216 valence electrons. The van der Waals surface area contributed by atoms with Crippen molar-refractivity contribution in [2.45, 2.75) is 18.3 Å². The first-order valence-electron chi connectivity index (χ1n) is 13.1. The number of anilines is 1. The number of rotatable bonds is 6. The van der Waals surface area contributed by atoms with Crippen LogP contribution in [-0.2, 0) is 23.9 Å². The minimum atomic E-state index is -1.18. The highest BCUT2D eigenvalue weighted by molar-refractivity contribution is 6.31. The Labute approximate surface area is 253 Å². The summed E-state index contributed by atoms with van der Waals surface area (Å²) in [5.41, 5.74) is 9.51. The molecule has 1 aliphatic carbocycles. The highest BCUT2D eigenvalue weighted by Crippen LogP contribution is 2.51. The summed E-state index contributed by atoms with van der Waals surface area (Å²) < 4.78 is 15.6. The Kier molecular flexibility index (Phi) is 8.29. The van der Waals surface area contributed by atoms with E-state index >= 15 is 0 Å². The summed E-state index contributed by atoms with van der Waals surface area (Å²) in [5.74, 6) is -3.89. The quantitative estimate of drug-likeness (QED) is 0.279. The van der Waals surface area contributed by atoms with Crippen molar-refractivity contribution in [2.75, 3.05) is 26.2 Å². The first kappa shape index (κ1) is 29.2. The van der Waals surface area contributed by atoms with Crippen LogP contribution in [0.4, 0.5) is 5.69 Å². The van der Waals surface area contributed by atoms with Gasteiger partial charge in [-0.05, 0) is 60.0 Å². The highest BCUT2D eigenvalue weighted by atomic mass is 35.5. The van der Waals surface area contributed by atoms with E-state index in [2.05, 4.69) is 0 Å². The van der Waals surface area contributed by atoms with Crippen molar-refractivity contribution < 1.29 is 28.6 Å². The van der Waals surface area contributed by atoms with Gasteiger partial charge in [-0.25, -0.2) is 4.79 Å². The zero-order valence-corrected chi connectivity index (χ0v) is 24.6. The number of carbonyl (C=O) groups excluding carboxylic acids is 3. The fraction of sp³-hybridized carbons (Fsp3) is 0.219. The normalized spacial score (nSPS) is 20.3. The first-order valence-corrected chi connectivity index (χ1v) is 13.8. The van der Waals surface area contributed by atoms with Crippen molar-refractivity contribution in [1.29, 1.82) is 0 Å². The Hall–Kier alpha value is -4.27. The largest absolute Gasteiger partial charge is 0.497 e. The fourth-order valence-corrected chi connectivity index (χ4v) is 6.11. The molecule has 1 heterocycles. The van der Waals surface area contributed by atoms with Crippen LogP contribution in [0, 0.1) is 5.92 Å². The smallest absolute Gasteiger partial charge is 0.338 e. The number of hydrogen-bond acceptors (Lipinski definition) is 8. The van der Waals surface area contributed by atoms with Gasteiger partial charge in [-0.1, -0.05) is 53.5 Å². The molecule has 0 aromatic heterocycles. The monoisotopic (exact) mass is 606 g/mol. The Morgan fingerprint density at radius 3 is 2.14 bits per heavy atom. The molecule has 0 amide bonds. The average molecular weight is 607 g/mol. The summed E-state index contributed by atoms with van der Waals surface area (Å²) >= 11 is 12.6. The van der Waals surface area contributed by atoms with Crippen molar-refractivity contribution >= 4 is 46.6 Å². The van der Waals surface area contributed by atoms with E-state index in [0.717, 1.165) is 5.56 Å². The van der Waals surface area contributed by atoms with Crippen molar-refractivity contribution in [1.82, 2.24) is 0 Å². The van der Waals surface area contributed by atoms with Crippen LogP contribution in [0.3, 0.4) is 0 Å². The van der Waals surface area contributed by atoms with Crippen molar-refractivity contribution in [3.05, 3.63) is 117 Å². The fourth-order valence-electron chi connectivity index (χ4n) is 5.80. The Bertz CT molecular complexity index is 1610. The summed E-state index contributed by atoms with van der Waals surface area (Å²) in [6.07, 6.45) is 0.221. The van der Waals surface area contributed by atoms with E-state index in [0.29, 0.717) is 32.7 Å². The molecule has 3 aromatic carbocycles. The topological polar surface area (TPSA) is 108 Å². The number of ketones is 1. The van der Waals surface area contributed by atoms with Gasteiger partial charge < -0.3 is 19.9 Å². The molecule has 2 N–H and O–H groups in total. The average Bonchev–Trinajstić information content (AvgIpc) is 3.00. The molecule has 0 unspecified atom stereocenters. The number of esters is 2. The van der Waals surface area contributed by atoms with Gasteiger partial charge in [0.1, 0.15) is 17.5 Å². The van der Waals surface area contributed by atoms with E-state index in [-0.39, 0.29) is 23.4 Å². The second-order valence-corrected chi connectivity index (χ2v) is 10.8. The van der Waals surface area contributed by atoms with Crippen LogP contribution >= 0.6 is 23.2 Å². The SMILES string of the molecule is COC(=O)C1=C(N)N(c2cccc(Cl)c2)C2=C(C(=O)[C@H](C(=O)OC)[C@@H](c3ccc(OC)cc3)C2)[C@H]1c1ccc(Cl)cc1. The molecule has 0 bridgehead atoms. The maximum atomic E-state index is 14.6. The minimum absolute atomic E-state index is 0.0541. The van der Waals surface area contributed by atoms with Crippen LogP contribution in [0.25, 0.3) is 0 Å². The molecule has 0 saturated carbocycles. The van der Waals surface area contributed by atoms with Gasteiger partial charge in [0, 0.05) is 32.9 Å². The number of halogens is 2. The molecule has 3 aromatic rings. The summed E-state index contributed by atoms with van der Waals surface area (Å²) in [5, 5.41) is 0.908. The van der Waals surface area contributed by atoms with Crippen molar-refractivity contribution in [2.24, 2.45) is 11.7 Å². The number of nitrogens with two attached hydrogens (primary N) is 1. The van der Waals surface area contributed by atoms with Gasteiger partial charge in [-0.2, -0.15) is 0 Å². The maximum Gasteiger partial charge on any atom is 0.338 e. The van der Waals surface area contributed by atoms with Gasteiger partial charge >= 0.3 is 11.9 Å². The van der Waals surface area contributed by atoms with E-state index in [9.17, 15) is 14.4 Å². The van der Waals surface area contributed by atoms with Crippen molar-refractivity contribution in [3.8, 4) is 5.75 Å². The van der Waals surface area contributed by atoms with Gasteiger partial charge in [-0.3, -0.25) is 14.5 Å². The van der Waals surface area contributed by atoms with E-state index in [1.165, 1.54) is 14.2 Å². The Balaban J connectivity index is 1.81. The van der Waals surface area contributed by atoms with Gasteiger partial charge in [0.05, 0.1) is 32.8 Å². The molecule has 2 aliphatic rings. The van der Waals surface area contributed by atoms with Crippen LogP contribution in [-0.4, -0.2) is 39.1 Å². The third kappa shape index (κ3) is 5.12. The third-order valence-corrected chi connectivity index (χ3v) is 8.20. The maximum absolute atomic E-state index is 14.6. The lowest BCUT2D eigenvalue weighted by Gasteiger charge is -2.44. The number of nitrogens with zero attached hydrogens (tertiary/aromatic N) is 1. The molecule has 3 atom stereocenters. The number of Topliss-reactive ketones (excluding diaryl/α,β-unsaturated/α-hetero) is 1. The van der Waals surface area contributed by atoms with Crippen LogP contribution < -0.4 is 15.4 Å². The second kappa shape index (κ2) is 11.9. The molecule has 0 fully saturated rings. The van der Waals surface area contributed by atoms with Gasteiger partial charge in [0.2, 0.25) is 0 Å². The van der Waals surface area contributed by atoms with Gasteiger partial charge in [0.15, 0.2) is 5.78 Å². The molecule has 0 saturated heterocycles. The zero-order valence-electron chi connectivity index (χ0n) is 23.1. The standard InChI is InChI=1S/C32H28Cl2N2O6/c1-40-22-13-9-17(10-14-22)23-16-24-27(29(37)26(23)31(38)41-2)25(18-7-11-19(33)12-8-18)28(32(39)42-3)30(35)36(24)21-6-4-5-20(34)15-21/h4-15,23,25-26H,16,35H2,1-3H3/t23-,25-,26-/m1/s1. The summed E-state index contributed by atoms with van der Waals surface area (Å²) in [6.45, 7) is 0. The minimum Gasteiger partial charge on any atom is -0.497 e. The number of ether oxygens (including phenoxy) is 3. The molecular formula is C32H28Cl2N2O6. The molecular weight excluding hydrogens is 579 g/mol. The lowest BCUT2D eigenvalue weighted by molar-refractivity contribution is -0.150. The Morgan fingerprint density at radius 1 is 0.881 bits per heavy atom. The third-order valence-electron chi connectivity index (χ3n) is 7.71. The predicted molar refractivity (Wildman–Crippen MR) is 159 cm³/mol. The molecule has 10 heteroatoms. The molecule has 0 spiro atoms. The van der Waals surface area contributed by atoms with Crippen molar-refractivity contribution in [3.63, 3.8) is 0 Å². The van der Waals surface area contributed by atoms with E-state index in [1.807, 2.05) is 12.1 Å². The first-order chi connectivity index (χ1) is 20.2. The van der Waals surface area contributed by atoms with Crippen LogP contribution in [0.5, 0.6) is 5.75 Å². The molecule has 0 radical (unpaired) electrons. The molecule has 8 nitrogen and oxygen atoms in total. The lowest BCUT2D eigenvalue weighted by Crippen LogP contribution is -2.46. The second-order valence-electron chi connectivity index (χ2n) is 9.90. The van der Waals surface area contributed by atoms with E-state index in [1.54, 1.807) is 72.7 Å². The lowest BCUT2D eigenvalue weighted by atomic mass is 9.67. The number of benzene rings is 3. The number of carbonyl (C=O) groups is 3. The zero-order chi connectivity index (χ0) is 30.1. The van der Waals surface area contributed by atoms with E-state index in [4.69, 9.17) is 43.1 Å². The Morgan fingerprint density at radius 2 is 1.55 bits per heavy atom. The predicted octanol–water partition coefficient (Wildman–Crippen LogP) is 5.75. The van der Waals surface area contributed by atoms with Crippen LogP contribution in [0.2, 0.25) is 10.0 Å². The molecule has 1 aliphatic heterocycles.